The van der Waals surface area contributed by atoms with Gasteiger partial charge >= 0.3 is 0 Å². The van der Waals surface area contributed by atoms with E-state index >= 15 is 0 Å². The third kappa shape index (κ3) is 7.47. The molecule has 1 aliphatic heterocycles. The number of unbranched alkanes of at least 4 members (excludes halogenated alkanes) is 1. The molecule has 2 amide bonds. The van der Waals surface area contributed by atoms with E-state index in [0.29, 0.717) is 12.8 Å². The molecule has 0 aliphatic carbocycles. The van der Waals surface area contributed by atoms with Crippen LogP contribution in [0.5, 0.6) is 0 Å². The minimum Gasteiger partial charge on any atom is -0.312 e. The molecule has 12 heteroatoms. The van der Waals surface area contributed by atoms with Crippen molar-refractivity contribution >= 4 is 57.6 Å². The van der Waals surface area contributed by atoms with E-state index in [1.54, 1.807) is 13.8 Å². The lowest BCUT2D eigenvalue weighted by Crippen LogP contribution is -2.42. The number of rotatable bonds is 12. The number of hydrazone groups is 1. The molecular weight excluding hydrogens is 517 g/mol. The predicted octanol–water partition coefficient (Wildman–Crippen LogP) is 5.32. The summed E-state index contributed by atoms with van der Waals surface area (Å²) in [6.45, 7) is 7.66. The maximum absolute atomic E-state index is 13.1. The number of carbonyl (C=O) groups is 2. The van der Waals surface area contributed by atoms with Gasteiger partial charge in [0.05, 0.1) is 34.6 Å². The quantitative estimate of drug-likeness (QED) is 0.269. The summed E-state index contributed by atoms with van der Waals surface area (Å²) in [4.78, 5) is 30.7. The summed E-state index contributed by atoms with van der Waals surface area (Å²) in [7, 11) is 1.28. The predicted molar refractivity (Wildman–Crippen MR) is 137 cm³/mol. The van der Waals surface area contributed by atoms with E-state index in [1.165, 1.54) is 19.2 Å². The Morgan fingerprint density at radius 1 is 1.31 bits per heavy atom. The minimum absolute atomic E-state index is 0.0234. The van der Waals surface area contributed by atoms with Crippen molar-refractivity contribution in [3.63, 3.8) is 0 Å². The van der Waals surface area contributed by atoms with Crippen molar-refractivity contribution in [3.8, 4) is 0 Å². The van der Waals surface area contributed by atoms with Crippen LogP contribution in [0.3, 0.4) is 0 Å². The van der Waals surface area contributed by atoms with Gasteiger partial charge in [-0.15, -0.1) is 0 Å². The maximum Gasteiger partial charge on any atom is 0.255 e. The standard InChI is InChI=1S/C23H33Cl2N3O6S/c1-6-8-9-18(34-31)14(7-2)13-23(3,4)22(30)26-19-12-20(29)28(27-19)21-16(24)10-15(11-17(21)25)35(32)33-5/h10-11,14,18,31H,6-9,12-13H2,1-5H3,(H,26,27,30). The van der Waals surface area contributed by atoms with Gasteiger partial charge in [-0.2, -0.15) is 10.1 Å². The summed E-state index contributed by atoms with van der Waals surface area (Å²) in [6, 6.07) is 2.77. The Balaban J connectivity index is 2.18. The number of halogens is 2. The molecule has 0 saturated carbocycles. The molecule has 0 fully saturated rings. The maximum atomic E-state index is 13.1. The molecule has 196 valence electrons. The SMILES string of the molecule is CCCCC(OO)C(CC)CC(C)(C)C(=O)NC1=NN(c2c(Cl)cc(S(=O)OC)cc2Cl)C(=O)C1. The van der Waals surface area contributed by atoms with Gasteiger partial charge in [-0.3, -0.25) is 19.0 Å². The molecule has 0 bridgehead atoms. The lowest BCUT2D eigenvalue weighted by molar-refractivity contribution is -0.293. The molecule has 35 heavy (non-hydrogen) atoms. The summed E-state index contributed by atoms with van der Waals surface area (Å²) in [5.41, 5.74) is -0.687. The van der Waals surface area contributed by atoms with Crippen molar-refractivity contribution in [1.82, 2.24) is 5.32 Å². The molecule has 1 aromatic carbocycles. The van der Waals surface area contributed by atoms with Gasteiger partial charge in [0.2, 0.25) is 5.91 Å². The first kappa shape index (κ1) is 29.7. The molecule has 0 aromatic heterocycles. The van der Waals surface area contributed by atoms with Gasteiger partial charge in [0.15, 0.2) is 11.1 Å². The fraction of sp³-hybridized carbons (Fsp3) is 0.609. The molecule has 1 aromatic rings. The lowest BCUT2D eigenvalue weighted by atomic mass is 9.78. The van der Waals surface area contributed by atoms with Gasteiger partial charge in [-0.05, 0) is 30.9 Å². The molecular formula is C23H33Cl2N3O6S. The Labute approximate surface area is 218 Å². The van der Waals surface area contributed by atoms with Crippen LogP contribution in [0.1, 0.15) is 66.2 Å². The summed E-state index contributed by atoms with van der Waals surface area (Å²) in [6.07, 6.45) is 3.31. The van der Waals surface area contributed by atoms with Crippen molar-refractivity contribution in [3.05, 3.63) is 22.2 Å². The fourth-order valence-corrected chi connectivity index (χ4v) is 5.37. The highest BCUT2D eigenvalue weighted by atomic mass is 35.5. The number of benzene rings is 1. The highest BCUT2D eigenvalue weighted by Crippen LogP contribution is 2.38. The largest absolute Gasteiger partial charge is 0.312 e. The van der Waals surface area contributed by atoms with Crippen LogP contribution in [-0.2, 0) is 29.7 Å². The molecule has 3 atom stereocenters. The molecule has 0 saturated heterocycles. The first-order valence-corrected chi connectivity index (χ1v) is 13.3. The van der Waals surface area contributed by atoms with Crippen molar-refractivity contribution < 1.29 is 28.1 Å². The molecule has 0 spiro atoms. The number of nitrogens with one attached hydrogen (secondary N) is 1. The summed E-state index contributed by atoms with van der Waals surface area (Å²) in [5, 5.41) is 17.5. The van der Waals surface area contributed by atoms with E-state index in [2.05, 4.69) is 17.3 Å². The topological polar surface area (TPSA) is 118 Å². The molecule has 2 N–H and O–H groups in total. The average molecular weight is 551 g/mol. The second kappa shape index (κ2) is 13.1. The van der Waals surface area contributed by atoms with Gasteiger partial charge in [0.1, 0.15) is 11.5 Å². The number of hydrogen-bond acceptors (Lipinski definition) is 7. The molecule has 1 aliphatic rings. The highest BCUT2D eigenvalue weighted by molar-refractivity contribution is 7.80. The van der Waals surface area contributed by atoms with E-state index in [9.17, 15) is 19.1 Å². The van der Waals surface area contributed by atoms with Gasteiger partial charge in [-0.25, -0.2) is 9.10 Å². The van der Waals surface area contributed by atoms with Crippen LogP contribution in [0.4, 0.5) is 5.69 Å². The monoisotopic (exact) mass is 549 g/mol. The number of amidine groups is 1. The van der Waals surface area contributed by atoms with E-state index in [0.717, 1.165) is 24.3 Å². The van der Waals surface area contributed by atoms with Gasteiger partial charge < -0.3 is 5.32 Å². The Hall–Kier alpha value is -1.56. The number of hydrogen-bond donors (Lipinski definition) is 2. The zero-order valence-corrected chi connectivity index (χ0v) is 22.9. The van der Waals surface area contributed by atoms with Gasteiger partial charge in [0.25, 0.3) is 5.91 Å². The smallest absolute Gasteiger partial charge is 0.255 e. The number of anilines is 1. The van der Waals surface area contributed by atoms with E-state index in [-0.39, 0.29) is 50.8 Å². The zero-order valence-electron chi connectivity index (χ0n) is 20.6. The van der Waals surface area contributed by atoms with Crippen molar-refractivity contribution in [2.24, 2.45) is 16.4 Å². The van der Waals surface area contributed by atoms with Crippen LogP contribution in [-0.4, -0.2) is 40.3 Å². The van der Waals surface area contributed by atoms with Gasteiger partial charge in [-0.1, -0.05) is 70.2 Å². The second-order valence-electron chi connectivity index (χ2n) is 9.06. The number of nitrogens with zero attached hydrogens (tertiary/aromatic N) is 2. The van der Waals surface area contributed by atoms with Crippen LogP contribution in [0.15, 0.2) is 22.1 Å². The second-order valence-corrected chi connectivity index (χ2v) is 11.2. The first-order valence-electron chi connectivity index (χ1n) is 11.5. The van der Waals surface area contributed by atoms with Crippen LogP contribution < -0.4 is 10.3 Å². The lowest BCUT2D eigenvalue weighted by Gasteiger charge is -2.31. The van der Waals surface area contributed by atoms with Crippen LogP contribution in [0, 0.1) is 11.3 Å². The third-order valence-electron chi connectivity index (χ3n) is 5.99. The third-order valence-corrected chi connectivity index (χ3v) is 7.49. The molecule has 9 nitrogen and oxygen atoms in total. The van der Waals surface area contributed by atoms with E-state index in [1.807, 2.05) is 6.92 Å². The van der Waals surface area contributed by atoms with E-state index < -0.39 is 22.4 Å². The number of carbonyl (C=O) groups excluding carboxylic acids is 2. The first-order chi connectivity index (χ1) is 16.5. The molecule has 0 radical (unpaired) electrons. The molecule has 1 heterocycles. The fourth-order valence-electron chi connectivity index (χ4n) is 3.98. The Morgan fingerprint density at radius 3 is 2.46 bits per heavy atom. The zero-order chi connectivity index (χ0) is 26.3. The highest BCUT2D eigenvalue weighted by Gasteiger charge is 2.37. The summed E-state index contributed by atoms with van der Waals surface area (Å²) >= 11 is 10.8. The summed E-state index contributed by atoms with van der Waals surface area (Å²) < 4.78 is 16.7. The Morgan fingerprint density at radius 2 is 1.94 bits per heavy atom. The van der Waals surface area contributed by atoms with Crippen molar-refractivity contribution in [2.45, 2.75) is 77.2 Å². The van der Waals surface area contributed by atoms with Crippen LogP contribution >= 0.6 is 23.2 Å². The normalized spacial score (nSPS) is 16.7. The summed E-state index contributed by atoms with van der Waals surface area (Å²) in [5.74, 6) is -0.592. The van der Waals surface area contributed by atoms with Gasteiger partial charge in [0, 0.05) is 5.41 Å². The number of amides is 2. The van der Waals surface area contributed by atoms with Crippen LogP contribution in [0.2, 0.25) is 10.0 Å². The van der Waals surface area contributed by atoms with E-state index in [4.69, 9.17) is 32.3 Å². The average Bonchev–Trinajstić information content (AvgIpc) is 3.16. The Kier molecular flexibility index (Phi) is 11.1. The van der Waals surface area contributed by atoms with Crippen LogP contribution in [0.25, 0.3) is 0 Å². The minimum atomic E-state index is -1.76. The van der Waals surface area contributed by atoms with Crippen molar-refractivity contribution in [2.75, 3.05) is 12.1 Å². The van der Waals surface area contributed by atoms with Crippen molar-refractivity contribution in [1.29, 1.82) is 0 Å². The molecule has 3 unspecified atom stereocenters. The molecule has 2 rings (SSSR count). The Bertz CT molecular complexity index is 965.